The Morgan fingerprint density at radius 2 is 1.63 bits per heavy atom. The van der Waals surface area contributed by atoms with Crippen LogP contribution < -0.4 is 10.3 Å². The standard InChI is InChI=1S/C22H19NO2.BF4/c1-2-16-10-11-21-19(13-16)20(23-15-18-9-6-12-24-18)14-22(25-21)17-7-4-3-5-8-17;2-1(3,4)5/h3-14H,2,15H2,1H3;/q;-1/p+1. The van der Waals surface area contributed by atoms with Crippen molar-refractivity contribution in [3.63, 3.8) is 0 Å². The van der Waals surface area contributed by atoms with E-state index in [1.54, 1.807) is 6.26 Å². The fraction of sp³-hybridized carbons (Fsp3) is 0.136. The Morgan fingerprint density at radius 1 is 0.900 bits per heavy atom. The number of furan rings is 1. The van der Waals surface area contributed by atoms with Crippen LogP contribution in [-0.4, -0.2) is 7.25 Å². The van der Waals surface area contributed by atoms with Gasteiger partial charge in [0.1, 0.15) is 11.3 Å². The Morgan fingerprint density at radius 3 is 2.27 bits per heavy atom. The number of rotatable bonds is 4. The van der Waals surface area contributed by atoms with Gasteiger partial charge in [-0.2, -0.15) is 0 Å². The van der Waals surface area contributed by atoms with E-state index in [4.69, 9.17) is 8.83 Å². The molecule has 0 aliphatic carbocycles. The summed E-state index contributed by atoms with van der Waals surface area (Å²) in [5.41, 5.74) is 3.22. The first-order chi connectivity index (χ1) is 14.3. The van der Waals surface area contributed by atoms with Crippen LogP contribution in [-0.2, 0) is 13.0 Å². The average Bonchev–Trinajstić information content (AvgIpc) is 3.24. The van der Waals surface area contributed by atoms with Crippen LogP contribution in [0.15, 0.2) is 81.8 Å². The van der Waals surface area contributed by atoms with Gasteiger partial charge in [-0.25, -0.2) is 4.99 Å². The van der Waals surface area contributed by atoms with Gasteiger partial charge in [0.05, 0.1) is 17.7 Å². The summed E-state index contributed by atoms with van der Waals surface area (Å²) in [5.74, 6) is 1.75. The van der Waals surface area contributed by atoms with Crippen LogP contribution in [0.5, 0.6) is 0 Å². The SMILES string of the molecule is CCc1ccc2oc(-c3ccccc3)cc(=[NH+]Cc3ccco3)c2c1.F[B-](F)(F)F. The van der Waals surface area contributed by atoms with E-state index in [0.29, 0.717) is 6.54 Å². The Balaban J connectivity index is 0.000000461. The van der Waals surface area contributed by atoms with Gasteiger partial charge in [0, 0.05) is 5.56 Å². The molecule has 4 aromatic rings. The van der Waals surface area contributed by atoms with E-state index >= 15 is 0 Å². The summed E-state index contributed by atoms with van der Waals surface area (Å²) in [6.45, 7) is 2.79. The predicted octanol–water partition coefficient (Wildman–Crippen LogP) is 4.74. The van der Waals surface area contributed by atoms with Gasteiger partial charge in [0.2, 0.25) is 5.36 Å². The van der Waals surface area contributed by atoms with Crippen molar-refractivity contribution in [2.75, 3.05) is 0 Å². The van der Waals surface area contributed by atoms with Crippen LogP contribution in [0, 0.1) is 0 Å². The van der Waals surface area contributed by atoms with Crippen LogP contribution in [0.25, 0.3) is 22.3 Å². The Labute approximate surface area is 170 Å². The number of aryl methyl sites for hydroxylation is 1. The van der Waals surface area contributed by atoms with Crippen LogP contribution in [0.4, 0.5) is 17.3 Å². The zero-order chi connectivity index (χ0) is 21.6. The summed E-state index contributed by atoms with van der Waals surface area (Å²) in [6, 6.07) is 22.5. The van der Waals surface area contributed by atoms with E-state index in [-0.39, 0.29) is 0 Å². The molecule has 0 unspecified atom stereocenters. The molecule has 0 aliphatic rings. The molecule has 0 saturated carbocycles. The predicted molar refractivity (Wildman–Crippen MR) is 108 cm³/mol. The van der Waals surface area contributed by atoms with Gasteiger partial charge in [-0.15, -0.1) is 0 Å². The van der Waals surface area contributed by atoms with Crippen molar-refractivity contribution in [2.45, 2.75) is 19.9 Å². The van der Waals surface area contributed by atoms with Gasteiger partial charge < -0.3 is 26.1 Å². The number of halogens is 4. The topological polar surface area (TPSA) is 40.2 Å². The van der Waals surface area contributed by atoms with E-state index < -0.39 is 7.25 Å². The van der Waals surface area contributed by atoms with Crippen LogP contribution in [0.2, 0.25) is 0 Å². The van der Waals surface area contributed by atoms with Crippen molar-refractivity contribution in [3.8, 4) is 11.3 Å². The maximum absolute atomic E-state index is 9.75. The molecule has 0 amide bonds. The molecule has 0 atom stereocenters. The fourth-order valence-corrected chi connectivity index (χ4v) is 2.94. The smallest absolute Gasteiger partial charge is 0.463 e. The number of hydrogen-bond acceptors (Lipinski definition) is 2. The van der Waals surface area contributed by atoms with Crippen LogP contribution in [0.3, 0.4) is 0 Å². The first kappa shape index (κ1) is 21.4. The van der Waals surface area contributed by atoms with Gasteiger partial charge in [-0.1, -0.05) is 43.3 Å². The lowest BCUT2D eigenvalue weighted by Crippen LogP contribution is -2.75. The lowest BCUT2D eigenvalue weighted by molar-refractivity contribution is -0.519. The van der Waals surface area contributed by atoms with Crippen molar-refractivity contribution in [2.24, 2.45) is 0 Å². The molecule has 156 valence electrons. The summed E-state index contributed by atoms with van der Waals surface area (Å²) >= 11 is 0. The average molecular weight is 417 g/mol. The molecule has 0 spiro atoms. The highest BCUT2D eigenvalue weighted by Gasteiger charge is 2.20. The van der Waals surface area contributed by atoms with E-state index in [0.717, 1.165) is 39.8 Å². The molecule has 2 aromatic heterocycles. The largest absolute Gasteiger partial charge is 0.673 e. The third kappa shape index (κ3) is 6.11. The third-order valence-corrected chi connectivity index (χ3v) is 4.33. The van der Waals surface area contributed by atoms with Gasteiger partial charge in [0.15, 0.2) is 12.3 Å². The highest BCUT2D eigenvalue weighted by atomic mass is 19.5. The number of nitrogens with one attached hydrogen (secondary N) is 1. The summed E-state index contributed by atoms with van der Waals surface area (Å²) in [4.78, 5) is 3.50. The van der Waals surface area contributed by atoms with Crippen LogP contribution >= 0.6 is 0 Å². The maximum atomic E-state index is 9.75. The van der Waals surface area contributed by atoms with E-state index in [1.807, 2.05) is 30.3 Å². The van der Waals surface area contributed by atoms with Crippen molar-refractivity contribution in [1.29, 1.82) is 0 Å². The van der Waals surface area contributed by atoms with E-state index in [1.165, 1.54) is 5.56 Å². The summed E-state index contributed by atoms with van der Waals surface area (Å²) < 4.78 is 50.6. The zero-order valence-electron chi connectivity index (χ0n) is 16.2. The Bertz CT molecular complexity index is 1150. The summed E-state index contributed by atoms with van der Waals surface area (Å²) in [6.07, 6.45) is 2.69. The summed E-state index contributed by atoms with van der Waals surface area (Å²) in [5, 5.41) is 2.14. The molecule has 0 aliphatic heterocycles. The molecular formula is C22H20BF4NO2. The van der Waals surface area contributed by atoms with Gasteiger partial charge in [0.25, 0.3) is 0 Å². The van der Waals surface area contributed by atoms with Crippen molar-refractivity contribution in [1.82, 2.24) is 0 Å². The monoisotopic (exact) mass is 417 g/mol. The minimum absolute atomic E-state index is 0.636. The lowest BCUT2D eigenvalue weighted by Gasteiger charge is -2.04. The van der Waals surface area contributed by atoms with Crippen molar-refractivity contribution in [3.05, 3.63) is 89.7 Å². The molecule has 0 bridgehead atoms. The lowest BCUT2D eigenvalue weighted by atomic mass is 10.1. The molecule has 2 aromatic carbocycles. The molecular weight excluding hydrogens is 397 g/mol. The molecule has 0 saturated heterocycles. The number of benzene rings is 2. The fourth-order valence-electron chi connectivity index (χ4n) is 2.94. The van der Waals surface area contributed by atoms with Gasteiger partial charge in [-0.3, -0.25) is 0 Å². The first-order valence-electron chi connectivity index (χ1n) is 9.42. The highest BCUT2D eigenvalue weighted by molar-refractivity contribution is 6.50. The maximum Gasteiger partial charge on any atom is 0.673 e. The Hall–Kier alpha value is -3.29. The van der Waals surface area contributed by atoms with Crippen molar-refractivity contribution >= 4 is 18.2 Å². The molecule has 0 radical (unpaired) electrons. The number of hydrogen-bond donors (Lipinski definition) is 1. The molecule has 30 heavy (non-hydrogen) atoms. The van der Waals surface area contributed by atoms with Crippen molar-refractivity contribution < 1.29 is 31.1 Å². The van der Waals surface area contributed by atoms with Crippen LogP contribution in [0.1, 0.15) is 18.2 Å². The van der Waals surface area contributed by atoms with Gasteiger partial charge in [-0.05, 0) is 36.2 Å². The molecule has 3 nitrogen and oxygen atoms in total. The Kier molecular flexibility index (Phi) is 6.77. The molecule has 1 N–H and O–H groups in total. The highest BCUT2D eigenvalue weighted by Crippen LogP contribution is 2.22. The second-order valence-electron chi connectivity index (χ2n) is 6.50. The summed E-state index contributed by atoms with van der Waals surface area (Å²) in [7, 11) is -6.00. The molecule has 0 fully saturated rings. The molecule has 8 heteroatoms. The minimum atomic E-state index is -6.00. The van der Waals surface area contributed by atoms with E-state index in [9.17, 15) is 17.3 Å². The first-order valence-corrected chi connectivity index (χ1v) is 9.42. The zero-order valence-corrected chi connectivity index (χ0v) is 16.2. The minimum Gasteiger partial charge on any atom is -0.463 e. The van der Waals surface area contributed by atoms with E-state index in [2.05, 4.69) is 48.3 Å². The molecule has 2 heterocycles. The second-order valence-corrected chi connectivity index (χ2v) is 6.50. The second kappa shape index (κ2) is 9.48. The van der Waals surface area contributed by atoms with Gasteiger partial charge >= 0.3 is 7.25 Å². The normalized spacial score (nSPS) is 12.0. The molecule has 4 rings (SSSR count). The third-order valence-electron chi connectivity index (χ3n) is 4.33. The number of fused-ring (bicyclic) bond motifs is 1. The quantitative estimate of drug-likeness (QED) is 0.385.